The molecule has 0 unspecified atom stereocenters. The summed E-state index contributed by atoms with van der Waals surface area (Å²) in [4.78, 5) is 0. The lowest BCUT2D eigenvalue weighted by Crippen LogP contribution is -2.16. The molecule has 0 bridgehead atoms. The minimum absolute atomic E-state index is 0. The molecular formula is C8H16BrN. The summed E-state index contributed by atoms with van der Waals surface area (Å²) in [5.74, 6) is 0. The van der Waals surface area contributed by atoms with E-state index in [4.69, 9.17) is 0 Å². The Balaban J connectivity index is 0.000000810. The van der Waals surface area contributed by atoms with Crippen LogP contribution >= 0.6 is 17.0 Å². The fraction of sp³-hybridized carbons (Fsp3) is 0.750. The summed E-state index contributed by atoms with van der Waals surface area (Å²) in [5.41, 5.74) is 0. The molecule has 1 rings (SSSR count). The summed E-state index contributed by atoms with van der Waals surface area (Å²) >= 11 is 0. The van der Waals surface area contributed by atoms with Crippen LogP contribution in [0.4, 0.5) is 0 Å². The minimum atomic E-state index is 0. The average Bonchev–Trinajstić information content (AvgIpc) is 2.63. The van der Waals surface area contributed by atoms with Gasteiger partial charge in [0.05, 0.1) is 0 Å². The van der Waals surface area contributed by atoms with Gasteiger partial charge in [0.15, 0.2) is 0 Å². The fourth-order valence-electron chi connectivity index (χ4n) is 0.840. The van der Waals surface area contributed by atoms with Gasteiger partial charge >= 0.3 is 0 Å². The molecule has 0 aromatic heterocycles. The zero-order chi connectivity index (χ0) is 6.53. The molecule has 0 aromatic rings. The molecule has 1 fully saturated rings. The van der Waals surface area contributed by atoms with Crippen LogP contribution in [0.15, 0.2) is 12.7 Å². The van der Waals surface area contributed by atoms with E-state index in [1.54, 1.807) is 0 Å². The van der Waals surface area contributed by atoms with Gasteiger partial charge in [0.25, 0.3) is 0 Å². The first-order chi connectivity index (χ1) is 4.43. The van der Waals surface area contributed by atoms with Gasteiger partial charge in [-0.25, -0.2) is 0 Å². The van der Waals surface area contributed by atoms with E-state index in [1.807, 2.05) is 6.08 Å². The topological polar surface area (TPSA) is 12.0 Å². The Morgan fingerprint density at radius 1 is 1.50 bits per heavy atom. The van der Waals surface area contributed by atoms with E-state index >= 15 is 0 Å². The molecule has 10 heavy (non-hydrogen) atoms. The molecule has 0 atom stereocenters. The van der Waals surface area contributed by atoms with Crippen LogP contribution in [0.2, 0.25) is 0 Å². The van der Waals surface area contributed by atoms with E-state index in [-0.39, 0.29) is 17.0 Å². The summed E-state index contributed by atoms with van der Waals surface area (Å²) in [7, 11) is 0. The van der Waals surface area contributed by atoms with Crippen molar-refractivity contribution in [1.29, 1.82) is 0 Å². The Labute approximate surface area is 73.7 Å². The van der Waals surface area contributed by atoms with Crippen molar-refractivity contribution >= 4 is 17.0 Å². The highest BCUT2D eigenvalue weighted by Crippen LogP contribution is 2.18. The van der Waals surface area contributed by atoms with Gasteiger partial charge < -0.3 is 5.32 Å². The molecule has 0 heterocycles. The number of rotatable bonds is 5. The highest BCUT2D eigenvalue weighted by Gasteiger charge is 2.19. The predicted molar refractivity (Wildman–Crippen MR) is 50.8 cm³/mol. The Bertz CT molecular complexity index is 89.3. The van der Waals surface area contributed by atoms with Crippen molar-refractivity contribution in [3.63, 3.8) is 0 Å². The third-order valence-corrected chi connectivity index (χ3v) is 1.60. The average molecular weight is 206 g/mol. The van der Waals surface area contributed by atoms with Gasteiger partial charge in [0.1, 0.15) is 0 Å². The molecule has 60 valence electrons. The van der Waals surface area contributed by atoms with Crippen LogP contribution in [-0.2, 0) is 0 Å². The minimum Gasteiger partial charge on any atom is -0.314 e. The van der Waals surface area contributed by atoms with Gasteiger partial charge in [-0.15, -0.1) is 23.6 Å². The third kappa shape index (κ3) is 5.00. The second-order valence-electron chi connectivity index (χ2n) is 2.66. The van der Waals surface area contributed by atoms with Crippen LogP contribution in [0.3, 0.4) is 0 Å². The lowest BCUT2D eigenvalue weighted by atomic mass is 10.3. The van der Waals surface area contributed by atoms with Crippen LogP contribution in [0.1, 0.15) is 25.7 Å². The van der Waals surface area contributed by atoms with Gasteiger partial charge in [-0.2, -0.15) is 0 Å². The quantitative estimate of drug-likeness (QED) is 0.537. The van der Waals surface area contributed by atoms with E-state index in [0.29, 0.717) is 0 Å². The van der Waals surface area contributed by atoms with E-state index in [1.165, 1.54) is 25.8 Å². The maximum absolute atomic E-state index is 3.67. The number of halogens is 1. The Morgan fingerprint density at radius 2 is 2.20 bits per heavy atom. The molecule has 0 saturated heterocycles. The Morgan fingerprint density at radius 3 is 2.70 bits per heavy atom. The van der Waals surface area contributed by atoms with Crippen LogP contribution in [0.25, 0.3) is 0 Å². The molecule has 0 amide bonds. The molecule has 0 aliphatic heterocycles. The molecule has 1 N–H and O–H groups in total. The van der Waals surface area contributed by atoms with E-state index < -0.39 is 0 Å². The molecule has 0 radical (unpaired) electrons. The molecular weight excluding hydrogens is 190 g/mol. The van der Waals surface area contributed by atoms with Crippen LogP contribution in [-0.4, -0.2) is 12.6 Å². The third-order valence-electron chi connectivity index (χ3n) is 1.60. The van der Waals surface area contributed by atoms with Crippen molar-refractivity contribution in [1.82, 2.24) is 5.32 Å². The lowest BCUT2D eigenvalue weighted by Gasteiger charge is -1.97. The van der Waals surface area contributed by atoms with Crippen LogP contribution < -0.4 is 5.32 Å². The van der Waals surface area contributed by atoms with E-state index in [9.17, 15) is 0 Å². The van der Waals surface area contributed by atoms with Crippen LogP contribution in [0.5, 0.6) is 0 Å². The summed E-state index contributed by atoms with van der Waals surface area (Å²) in [6.07, 6.45) is 7.18. The van der Waals surface area contributed by atoms with Crippen LogP contribution in [0, 0.1) is 0 Å². The van der Waals surface area contributed by atoms with Gasteiger partial charge in [0, 0.05) is 6.04 Å². The summed E-state index contributed by atoms with van der Waals surface area (Å²) < 4.78 is 0. The molecule has 0 spiro atoms. The van der Waals surface area contributed by atoms with E-state index in [0.717, 1.165) is 12.5 Å². The van der Waals surface area contributed by atoms with Gasteiger partial charge in [-0.3, -0.25) is 0 Å². The van der Waals surface area contributed by atoms with Crippen molar-refractivity contribution in [3.8, 4) is 0 Å². The molecule has 0 aromatic carbocycles. The normalized spacial score (nSPS) is 16.0. The fourth-order valence-corrected chi connectivity index (χ4v) is 0.840. The first kappa shape index (κ1) is 10.2. The summed E-state index contributed by atoms with van der Waals surface area (Å²) in [6.45, 7) is 4.84. The maximum Gasteiger partial charge on any atom is 0.00682 e. The Hall–Kier alpha value is 0.180. The van der Waals surface area contributed by atoms with Gasteiger partial charge in [-0.05, 0) is 32.2 Å². The van der Waals surface area contributed by atoms with Crippen molar-refractivity contribution < 1.29 is 0 Å². The first-order valence-corrected chi connectivity index (χ1v) is 3.78. The second-order valence-corrected chi connectivity index (χ2v) is 2.66. The van der Waals surface area contributed by atoms with Gasteiger partial charge in [0.2, 0.25) is 0 Å². The highest BCUT2D eigenvalue weighted by atomic mass is 79.9. The number of hydrogen-bond donors (Lipinski definition) is 1. The first-order valence-electron chi connectivity index (χ1n) is 3.78. The molecule has 2 heteroatoms. The number of hydrogen-bond acceptors (Lipinski definition) is 1. The molecule has 1 saturated carbocycles. The monoisotopic (exact) mass is 205 g/mol. The lowest BCUT2D eigenvalue weighted by molar-refractivity contribution is 0.651. The summed E-state index contributed by atoms with van der Waals surface area (Å²) in [6, 6.07) is 0.870. The molecule has 1 nitrogen and oxygen atoms in total. The van der Waals surface area contributed by atoms with E-state index in [2.05, 4.69) is 11.9 Å². The van der Waals surface area contributed by atoms with Crippen molar-refractivity contribution in [2.45, 2.75) is 31.7 Å². The molecule has 1 aliphatic carbocycles. The zero-order valence-electron chi connectivity index (χ0n) is 6.31. The Kier molecular flexibility index (Phi) is 6.03. The maximum atomic E-state index is 3.67. The van der Waals surface area contributed by atoms with Gasteiger partial charge in [-0.1, -0.05) is 6.08 Å². The zero-order valence-corrected chi connectivity index (χ0v) is 8.02. The second kappa shape index (κ2) is 5.93. The highest BCUT2D eigenvalue weighted by molar-refractivity contribution is 8.93. The standard InChI is InChI=1S/C8H15N.BrH/c1-2-3-4-7-9-8-5-6-8;/h2,8-9H,1,3-7H2;1H. The predicted octanol–water partition coefficient (Wildman–Crippen LogP) is 2.28. The van der Waals surface area contributed by atoms with Crippen molar-refractivity contribution in [3.05, 3.63) is 12.7 Å². The van der Waals surface area contributed by atoms with Crippen molar-refractivity contribution in [2.75, 3.05) is 6.54 Å². The summed E-state index contributed by atoms with van der Waals surface area (Å²) in [5, 5.41) is 3.44. The SMILES string of the molecule is Br.C=CCCCNC1CC1. The number of allylic oxidation sites excluding steroid dienone is 1. The smallest absolute Gasteiger partial charge is 0.00682 e. The number of unbranched alkanes of at least 4 members (excludes halogenated alkanes) is 1. The van der Waals surface area contributed by atoms with Crippen molar-refractivity contribution in [2.24, 2.45) is 0 Å². The largest absolute Gasteiger partial charge is 0.314 e. The number of nitrogens with one attached hydrogen (secondary N) is 1. The molecule has 1 aliphatic rings.